The average molecular weight is 242 g/mol. The van der Waals surface area contributed by atoms with Gasteiger partial charge in [0.05, 0.1) is 5.56 Å². The smallest absolute Gasteiger partial charge is 0.416 e. The van der Waals surface area contributed by atoms with Gasteiger partial charge in [0, 0.05) is 12.4 Å². The lowest BCUT2D eigenvalue weighted by atomic mass is 10.2. The monoisotopic (exact) mass is 242 g/mol. The molecule has 6 heteroatoms. The molecule has 0 bridgehead atoms. The number of hydrogen-bond acceptors (Lipinski definition) is 2. The molecule has 0 fully saturated rings. The second-order valence-corrected chi connectivity index (χ2v) is 3.35. The predicted molar refractivity (Wildman–Crippen MR) is 54.4 cm³/mol. The number of H-pyrrole nitrogens is 1. The van der Waals surface area contributed by atoms with Crippen LogP contribution < -0.4 is 4.74 Å². The number of rotatable bonds is 3. The number of hydrogen-bond donors (Lipinski definition) is 1. The van der Waals surface area contributed by atoms with Crippen molar-refractivity contribution in [2.75, 3.05) is 0 Å². The summed E-state index contributed by atoms with van der Waals surface area (Å²) in [5, 5.41) is 0. The molecular weight excluding hydrogens is 233 g/mol. The summed E-state index contributed by atoms with van der Waals surface area (Å²) in [4.78, 5) is 6.69. The Morgan fingerprint density at radius 2 is 2.12 bits per heavy atom. The SMILES string of the molecule is FC(F)(F)c1cccc(OCc2ncc[nH]2)c1. The maximum atomic E-state index is 12.4. The number of aromatic amines is 1. The number of nitrogens with one attached hydrogen (secondary N) is 1. The van der Waals surface area contributed by atoms with Gasteiger partial charge in [-0.05, 0) is 18.2 Å². The van der Waals surface area contributed by atoms with E-state index in [2.05, 4.69) is 9.97 Å². The van der Waals surface area contributed by atoms with E-state index in [0.29, 0.717) is 5.82 Å². The van der Waals surface area contributed by atoms with Crippen LogP contribution in [0.3, 0.4) is 0 Å². The van der Waals surface area contributed by atoms with E-state index in [-0.39, 0.29) is 12.4 Å². The topological polar surface area (TPSA) is 37.9 Å². The first-order valence-corrected chi connectivity index (χ1v) is 4.84. The highest BCUT2D eigenvalue weighted by Gasteiger charge is 2.30. The molecule has 17 heavy (non-hydrogen) atoms. The second-order valence-electron chi connectivity index (χ2n) is 3.35. The van der Waals surface area contributed by atoms with Gasteiger partial charge >= 0.3 is 6.18 Å². The number of alkyl halides is 3. The number of benzene rings is 1. The summed E-state index contributed by atoms with van der Waals surface area (Å²) in [7, 11) is 0. The third-order valence-corrected chi connectivity index (χ3v) is 2.09. The van der Waals surface area contributed by atoms with E-state index in [9.17, 15) is 13.2 Å². The minimum Gasteiger partial charge on any atom is -0.486 e. The highest BCUT2D eigenvalue weighted by atomic mass is 19.4. The Hall–Kier alpha value is -1.98. The van der Waals surface area contributed by atoms with Crippen LogP contribution in [0.5, 0.6) is 5.75 Å². The molecular formula is C11H9F3N2O. The number of halogens is 3. The van der Waals surface area contributed by atoms with Crippen LogP contribution in [0.4, 0.5) is 13.2 Å². The molecule has 2 rings (SSSR count). The zero-order valence-electron chi connectivity index (χ0n) is 8.66. The maximum Gasteiger partial charge on any atom is 0.416 e. The quantitative estimate of drug-likeness (QED) is 0.898. The van der Waals surface area contributed by atoms with Crippen LogP contribution in [0.2, 0.25) is 0 Å². The number of nitrogens with zero attached hydrogens (tertiary/aromatic N) is 1. The molecule has 0 saturated heterocycles. The van der Waals surface area contributed by atoms with Crippen LogP contribution in [0.1, 0.15) is 11.4 Å². The van der Waals surface area contributed by atoms with Gasteiger partial charge in [-0.1, -0.05) is 6.07 Å². The number of ether oxygens (including phenoxy) is 1. The highest BCUT2D eigenvalue weighted by Crippen LogP contribution is 2.31. The standard InChI is InChI=1S/C11H9F3N2O/c12-11(13,14)8-2-1-3-9(6-8)17-7-10-15-4-5-16-10/h1-6H,7H2,(H,15,16). The first kappa shape index (κ1) is 11.5. The Morgan fingerprint density at radius 1 is 1.29 bits per heavy atom. The van der Waals surface area contributed by atoms with Crippen molar-refractivity contribution >= 4 is 0 Å². The molecule has 0 spiro atoms. The molecule has 0 radical (unpaired) electrons. The lowest BCUT2D eigenvalue weighted by Gasteiger charge is -2.09. The Labute approximate surface area is 95.3 Å². The van der Waals surface area contributed by atoms with Crippen molar-refractivity contribution in [1.29, 1.82) is 0 Å². The lowest BCUT2D eigenvalue weighted by Crippen LogP contribution is -2.05. The van der Waals surface area contributed by atoms with Crippen molar-refractivity contribution in [2.24, 2.45) is 0 Å². The second kappa shape index (κ2) is 4.48. The largest absolute Gasteiger partial charge is 0.486 e. The van der Waals surface area contributed by atoms with Crippen molar-refractivity contribution in [1.82, 2.24) is 9.97 Å². The number of aromatic nitrogens is 2. The minimum atomic E-state index is -4.36. The Balaban J connectivity index is 2.07. The van der Waals surface area contributed by atoms with Crippen molar-refractivity contribution in [2.45, 2.75) is 12.8 Å². The van der Waals surface area contributed by atoms with E-state index in [4.69, 9.17) is 4.74 Å². The highest BCUT2D eigenvalue weighted by molar-refractivity contribution is 5.30. The minimum absolute atomic E-state index is 0.105. The molecule has 0 aliphatic carbocycles. The molecule has 1 heterocycles. The maximum absolute atomic E-state index is 12.4. The van der Waals surface area contributed by atoms with Gasteiger partial charge in [0.1, 0.15) is 18.2 Å². The average Bonchev–Trinajstić information content (AvgIpc) is 2.78. The molecule has 0 aliphatic heterocycles. The first-order chi connectivity index (χ1) is 8.05. The molecule has 1 aromatic carbocycles. The van der Waals surface area contributed by atoms with Crippen LogP contribution in [0.15, 0.2) is 36.7 Å². The zero-order valence-corrected chi connectivity index (χ0v) is 8.66. The van der Waals surface area contributed by atoms with Gasteiger partial charge < -0.3 is 9.72 Å². The van der Waals surface area contributed by atoms with Crippen LogP contribution in [-0.2, 0) is 12.8 Å². The van der Waals surface area contributed by atoms with Gasteiger partial charge in [-0.3, -0.25) is 0 Å². The molecule has 1 N–H and O–H groups in total. The van der Waals surface area contributed by atoms with Gasteiger partial charge in [-0.15, -0.1) is 0 Å². The summed E-state index contributed by atoms with van der Waals surface area (Å²) in [6, 6.07) is 4.74. The van der Waals surface area contributed by atoms with E-state index in [1.165, 1.54) is 12.1 Å². The normalized spacial score (nSPS) is 11.5. The number of imidazole rings is 1. The Bertz CT molecular complexity index is 480. The zero-order chi connectivity index (χ0) is 12.3. The fraction of sp³-hybridized carbons (Fsp3) is 0.182. The van der Waals surface area contributed by atoms with Crippen molar-refractivity contribution < 1.29 is 17.9 Å². The van der Waals surface area contributed by atoms with Gasteiger partial charge in [-0.2, -0.15) is 13.2 Å². The third kappa shape index (κ3) is 2.99. The van der Waals surface area contributed by atoms with E-state index in [1.54, 1.807) is 12.4 Å². The molecule has 3 nitrogen and oxygen atoms in total. The summed E-state index contributed by atoms with van der Waals surface area (Å²) < 4.78 is 42.4. The molecule has 0 amide bonds. The lowest BCUT2D eigenvalue weighted by molar-refractivity contribution is -0.137. The van der Waals surface area contributed by atoms with Gasteiger partial charge in [0.2, 0.25) is 0 Å². The molecule has 0 unspecified atom stereocenters. The van der Waals surface area contributed by atoms with Crippen LogP contribution in [0.25, 0.3) is 0 Å². The Morgan fingerprint density at radius 3 is 2.76 bits per heavy atom. The molecule has 0 atom stereocenters. The predicted octanol–water partition coefficient (Wildman–Crippen LogP) is 3.01. The molecule has 0 saturated carbocycles. The van der Waals surface area contributed by atoms with Crippen molar-refractivity contribution in [3.8, 4) is 5.75 Å². The van der Waals surface area contributed by atoms with Gasteiger partial charge in [0.15, 0.2) is 0 Å². The third-order valence-electron chi connectivity index (χ3n) is 2.09. The van der Waals surface area contributed by atoms with Crippen molar-refractivity contribution in [3.63, 3.8) is 0 Å². The fourth-order valence-electron chi connectivity index (χ4n) is 1.29. The van der Waals surface area contributed by atoms with Crippen LogP contribution >= 0.6 is 0 Å². The van der Waals surface area contributed by atoms with Gasteiger partial charge in [-0.25, -0.2) is 4.98 Å². The van der Waals surface area contributed by atoms with E-state index in [0.717, 1.165) is 12.1 Å². The van der Waals surface area contributed by atoms with E-state index >= 15 is 0 Å². The summed E-state index contributed by atoms with van der Waals surface area (Å²) >= 11 is 0. The van der Waals surface area contributed by atoms with Crippen LogP contribution in [-0.4, -0.2) is 9.97 Å². The molecule has 2 aromatic rings. The molecule has 0 aliphatic rings. The van der Waals surface area contributed by atoms with Gasteiger partial charge in [0.25, 0.3) is 0 Å². The first-order valence-electron chi connectivity index (χ1n) is 4.84. The Kier molecular flexibility index (Phi) is 3.03. The summed E-state index contributed by atoms with van der Waals surface area (Å²) in [6.45, 7) is 0.105. The van der Waals surface area contributed by atoms with Crippen molar-refractivity contribution in [3.05, 3.63) is 48.0 Å². The summed E-state index contributed by atoms with van der Waals surface area (Å²) in [5.41, 5.74) is -0.727. The fourth-order valence-corrected chi connectivity index (χ4v) is 1.29. The molecule has 1 aromatic heterocycles. The van der Waals surface area contributed by atoms with Crippen LogP contribution in [0, 0.1) is 0 Å². The van der Waals surface area contributed by atoms with E-state index in [1.807, 2.05) is 0 Å². The summed E-state index contributed by atoms with van der Waals surface area (Å²) in [6.07, 6.45) is -1.19. The van der Waals surface area contributed by atoms with E-state index < -0.39 is 11.7 Å². The molecule has 90 valence electrons. The summed E-state index contributed by atoms with van der Waals surface area (Å²) in [5.74, 6) is 0.721.